The van der Waals surface area contributed by atoms with Crippen LogP contribution in [0.3, 0.4) is 0 Å². The second-order valence-corrected chi connectivity index (χ2v) is 15.1. The molecular formula is C35H59N7. The van der Waals surface area contributed by atoms with E-state index in [1.807, 2.05) is 18.5 Å². The van der Waals surface area contributed by atoms with Crippen LogP contribution in [0.25, 0.3) is 0 Å². The minimum atomic E-state index is 0.401. The standard InChI is InChI=1S/C35H59N7/c1-35(2,3)30-16-14-29(15-17-30)25-42-32(22-27-10-5-4-6-11-27)26-40(34(42)37)20-8-7-13-31-24-39-33(36)41(31)21-18-28-12-9-19-38-23-28/h9,12,19,23,27,29-32,37H,4-8,10-11,13-18,20-22,24-26H2,1-3H3,(H2,36,39)/t29?,30?,31-,32-/m0/s1. The number of rotatable bonds is 12. The average molecular weight is 578 g/mol. The molecule has 4 aliphatic rings. The van der Waals surface area contributed by atoms with Gasteiger partial charge in [-0.2, -0.15) is 0 Å². The smallest absolute Gasteiger partial charge is 0.194 e. The Morgan fingerprint density at radius 3 is 2.43 bits per heavy atom. The lowest BCUT2D eigenvalue weighted by Gasteiger charge is -2.39. The first-order chi connectivity index (χ1) is 20.3. The van der Waals surface area contributed by atoms with E-state index in [2.05, 4.69) is 51.5 Å². The zero-order valence-electron chi connectivity index (χ0n) is 26.9. The van der Waals surface area contributed by atoms with Crippen LogP contribution in [0.2, 0.25) is 0 Å². The number of aromatic nitrogens is 1. The zero-order valence-corrected chi connectivity index (χ0v) is 26.9. The predicted octanol–water partition coefficient (Wildman–Crippen LogP) is 6.54. The maximum absolute atomic E-state index is 9.27. The van der Waals surface area contributed by atoms with Crippen LogP contribution in [0.1, 0.15) is 110 Å². The average Bonchev–Trinajstić information content (AvgIpc) is 3.48. The molecule has 7 heteroatoms. The van der Waals surface area contributed by atoms with Gasteiger partial charge in [-0.15, -0.1) is 0 Å². The second-order valence-electron chi connectivity index (χ2n) is 15.1. The molecule has 234 valence electrons. The number of hydrogen-bond donors (Lipinski definition) is 2. The monoisotopic (exact) mass is 577 g/mol. The first kappa shape index (κ1) is 31.1. The lowest BCUT2D eigenvalue weighted by atomic mass is 9.70. The highest BCUT2D eigenvalue weighted by Gasteiger charge is 2.38. The number of pyridine rings is 1. The molecular weight excluding hydrogens is 518 g/mol. The highest BCUT2D eigenvalue weighted by atomic mass is 15.4. The van der Waals surface area contributed by atoms with Crippen molar-refractivity contribution in [3.8, 4) is 0 Å². The van der Waals surface area contributed by atoms with E-state index in [1.165, 1.54) is 69.8 Å². The molecule has 5 rings (SSSR count). The van der Waals surface area contributed by atoms with E-state index in [1.54, 1.807) is 0 Å². The Balaban J connectivity index is 1.10. The van der Waals surface area contributed by atoms with Crippen molar-refractivity contribution >= 4 is 11.9 Å². The summed E-state index contributed by atoms with van der Waals surface area (Å²) in [7, 11) is 0. The van der Waals surface area contributed by atoms with Crippen LogP contribution >= 0.6 is 0 Å². The molecule has 0 radical (unpaired) electrons. The Kier molecular flexibility index (Phi) is 10.7. The minimum Gasteiger partial charge on any atom is -0.370 e. The van der Waals surface area contributed by atoms with Crippen molar-refractivity contribution in [2.45, 2.75) is 123 Å². The third-order valence-corrected chi connectivity index (χ3v) is 11.1. The first-order valence-electron chi connectivity index (χ1n) is 17.3. The minimum absolute atomic E-state index is 0.401. The molecule has 2 aliphatic heterocycles. The summed E-state index contributed by atoms with van der Waals surface area (Å²) < 4.78 is 0. The van der Waals surface area contributed by atoms with Crippen LogP contribution in [0.4, 0.5) is 0 Å². The Hall–Kier alpha value is -2.31. The Labute approximate surface area is 256 Å². The Bertz CT molecular complexity index is 1000. The third-order valence-electron chi connectivity index (χ3n) is 11.1. The molecule has 2 atom stereocenters. The quantitative estimate of drug-likeness (QED) is 0.276. The van der Waals surface area contributed by atoms with Crippen molar-refractivity contribution in [2.24, 2.45) is 33.9 Å². The fourth-order valence-electron chi connectivity index (χ4n) is 8.32. The number of unbranched alkanes of at least 4 members (excludes halogenated alkanes) is 1. The number of guanidine groups is 2. The van der Waals surface area contributed by atoms with E-state index >= 15 is 0 Å². The number of hydrogen-bond acceptors (Lipinski definition) is 5. The lowest BCUT2D eigenvalue weighted by Crippen LogP contribution is -2.42. The fourth-order valence-corrected chi connectivity index (χ4v) is 8.32. The summed E-state index contributed by atoms with van der Waals surface area (Å²) in [6, 6.07) is 5.08. The van der Waals surface area contributed by atoms with E-state index in [4.69, 9.17) is 5.73 Å². The van der Waals surface area contributed by atoms with Gasteiger partial charge in [0.1, 0.15) is 0 Å². The third kappa shape index (κ3) is 8.19. The maximum Gasteiger partial charge on any atom is 0.194 e. The van der Waals surface area contributed by atoms with Crippen LogP contribution in [-0.4, -0.2) is 76.4 Å². The molecule has 0 spiro atoms. The van der Waals surface area contributed by atoms with Crippen LogP contribution in [0.15, 0.2) is 29.5 Å². The van der Waals surface area contributed by atoms with E-state index < -0.39 is 0 Å². The van der Waals surface area contributed by atoms with Gasteiger partial charge < -0.3 is 20.4 Å². The Morgan fingerprint density at radius 2 is 1.71 bits per heavy atom. The van der Waals surface area contributed by atoms with Gasteiger partial charge in [0, 0.05) is 44.6 Å². The van der Waals surface area contributed by atoms with Crippen molar-refractivity contribution in [1.82, 2.24) is 19.7 Å². The summed E-state index contributed by atoms with van der Waals surface area (Å²) in [6.45, 7) is 12.1. The first-order valence-corrected chi connectivity index (χ1v) is 17.3. The molecule has 3 heterocycles. The van der Waals surface area contributed by atoms with E-state index in [0.29, 0.717) is 23.5 Å². The number of aliphatic imine (C=N–C) groups is 1. The van der Waals surface area contributed by atoms with Gasteiger partial charge >= 0.3 is 0 Å². The second kappa shape index (κ2) is 14.4. The van der Waals surface area contributed by atoms with Gasteiger partial charge in [-0.25, -0.2) is 0 Å². The zero-order chi connectivity index (χ0) is 29.5. The van der Waals surface area contributed by atoms with Crippen LogP contribution in [0, 0.1) is 28.6 Å². The summed E-state index contributed by atoms with van der Waals surface area (Å²) in [4.78, 5) is 16.1. The van der Waals surface area contributed by atoms with E-state index in [0.717, 1.165) is 82.1 Å². The van der Waals surface area contributed by atoms with Crippen molar-refractivity contribution in [2.75, 3.05) is 32.7 Å². The van der Waals surface area contributed by atoms with Crippen molar-refractivity contribution in [1.29, 1.82) is 5.41 Å². The van der Waals surface area contributed by atoms with Gasteiger partial charge in [0.05, 0.1) is 12.6 Å². The number of nitrogens with zero attached hydrogens (tertiary/aromatic N) is 5. The fraction of sp³-hybridized carbons (Fsp3) is 0.800. The van der Waals surface area contributed by atoms with Gasteiger partial charge in [-0.1, -0.05) is 58.9 Å². The van der Waals surface area contributed by atoms with Gasteiger partial charge in [0.25, 0.3) is 0 Å². The molecule has 3 N–H and O–H groups in total. The molecule has 0 bridgehead atoms. The molecule has 42 heavy (non-hydrogen) atoms. The Morgan fingerprint density at radius 1 is 0.929 bits per heavy atom. The van der Waals surface area contributed by atoms with Crippen molar-refractivity contribution in [3.63, 3.8) is 0 Å². The molecule has 2 aliphatic carbocycles. The van der Waals surface area contributed by atoms with Crippen molar-refractivity contribution in [3.05, 3.63) is 30.1 Å². The highest BCUT2D eigenvalue weighted by Crippen LogP contribution is 2.41. The molecule has 7 nitrogen and oxygen atoms in total. The number of nitrogens with two attached hydrogens (primary N) is 1. The molecule has 1 aromatic rings. The van der Waals surface area contributed by atoms with Gasteiger partial charge in [-0.3, -0.25) is 15.4 Å². The largest absolute Gasteiger partial charge is 0.370 e. The summed E-state index contributed by atoms with van der Waals surface area (Å²) in [5.74, 6) is 3.99. The maximum atomic E-state index is 9.27. The van der Waals surface area contributed by atoms with Gasteiger partial charge in [-0.05, 0) is 92.6 Å². The number of nitrogens with one attached hydrogen (secondary N) is 1. The molecule has 2 saturated carbocycles. The van der Waals surface area contributed by atoms with E-state index in [-0.39, 0.29) is 0 Å². The SMILES string of the molecule is CC(C)(C)C1CCC(CN2C(=N)N(CCCC[C@H]3CN=C(N)N3CCc3cccnc3)C[C@@H]2CC2CCCCC2)CC1. The summed E-state index contributed by atoms with van der Waals surface area (Å²) >= 11 is 0. The molecule has 1 aromatic heterocycles. The highest BCUT2D eigenvalue weighted by molar-refractivity contribution is 5.80. The predicted molar refractivity (Wildman–Crippen MR) is 175 cm³/mol. The van der Waals surface area contributed by atoms with Crippen molar-refractivity contribution < 1.29 is 0 Å². The molecule has 1 saturated heterocycles. The normalized spacial score (nSPS) is 27.6. The summed E-state index contributed by atoms with van der Waals surface area (Å²) in [5, 5.41) is 9.27. The summed E-state index contributed by atoms with van der Waals surface area (Å²) in [6.07, 6.45) is 21.9. The van der Waals surface area contributed by atoms with Crippen LogP contribution in [-0.2, 0) is 6.42 Å². The van der Waals surface area contributed by atoms with Gasteiger partial charge in [0.2, 0.25) is 0 Å². The topological polar surface area (TPSA) is 84.8 Å². The van der Waals surface area contributed by atoms with Crippen LogP contribution in [0.5, 0.6) is 0 Å². The molecule has 3 fully saturated rings. The van der Waals surface area contributed by atoms with Gasteiger partial charge in [0.15, 0.2) is 11.9 Å². The molecule has 0 amide bonds. The molecule has 0 unspecified atom stereocenters. The van der Waals surface area contributed by atoms with Crippen LogP contribution < -0.4 is 5.73 Å². The lowest BCUT2D eigenvalue weighted by molar-refractivity contribution is 0.131. The summed E-state index contributed by atoms with van der Waals surface area (Å²) in [5.41, 5.74) is 7.96. The molecule has 0 aromatic carbocycles. The van der Waals surface area contributed by atoms with E-state index in [9.17, 15) is 5.41 Å².